The van der Waals surface area contributed by atoms with Gasteiger partial charge in [-0.05, 0) is 74.5 Å². The topological polar surface area (TPSA) is 79.5 Å². The summed E-state index contributed by atoms with van der Waals surface area (Å²) in [5.41, 5.74) is 3.86. The lowest BCUT2D eigenvalue weighted by atomic mass is 10.2. The summed E-state index contributed by atoms with van der Waals surface area (Å²) >= 11 is 0. The lowest BCUT2D eigenvalue weighted by molar-refractivity contribution is -0.114. The number of aryl methyl sites for hydroxylation is 1. The Labute approximate surface area is 176 Å². The van der Waals surface area contributed by atoms with Crippen molar-refractivity contribution in [2.75, 3.05) is 29.1 Å². The first-order valence-electron chi connectivity index (χ1n) is 9.78. The highest BCUT2D eigenvalue weighted by atomic mass is 16.5. The van der Waals surface area contributed by atoms with Crippen LogP contribution in [0.1, 0.15) is 22.8 Å². The van der Waals surface area contributed by atoms with E-state index >= 15 is 0 Å². The van der Waals surface area contributed by atoms with Gasteiger partial charge in [0.2, 0.25) is 5.91 Å². The van der Waals surface area contributed by atoms with Crippen LogP contribution in [0, 0.1) is 6.92 Å². The number of nitrogens with one attached hydrogen (secondary N) is 3. The van der Waals surface area contributed by atoms with Crippen molar-refractivity contribution in [3.63, 3.8) is 0 Å². The maximum Gasteiger partial charge on any atom is 0.255 e. The number of hydrogen-bond acceptors (Lipinski definition) is 4. The van der Waals surface area contributed by atoms with Crippen molar-refractivity contribution in [1.82, 2.24) is 0 Å². The summed E-state index contributed by atoms with van der Waals surface area (Å²) in [7, 11) is 0. The molecule has 0 aliphatic rings. The number of amides is 2. The van der Waals surface area contributed by atoms with Crippen molar-refractivity contribution in [3.8, 4) is 5.75 Å². The van der Waals surface area contributed by atoms with E-state index < -0.39 is 0 Å². The molecule has 0 unspecified atom stereocenters. The van der Waals surface area contributed by atoms with Crippen molar-refractivity contribution in [2.45, 2.75) is 13.8 Å². The Morgan fingerprint density at radius 3 is 1.97 bits per heavy atom. The summed E-state index contributed by atoms with van der Waals surface area (Å²) < 4.78 is 5.39. The molecule has 3 aromatic carbocycles. The molecule has 0 aliphatic heterocycles. The predicted molar refractivity (Wildman–Crippen MR) is 120 cm³/mol. The standard InChI is InChI=1S/C24H25N3O3/c1-3-30-22-14-12-21(13-15-22)27-24(29)18-6-10-20(11-7-18)26-23(28)16-25-19-8-4-17(2)5-9-19/h4-15,25H,3,16H2,1-2H3,(H,26,28)(H,27,29). The Balaban J connectivity index is 1.50. The van der Waals surface area contributed by atoms with E-state index in [1.165, 1.54) is 0 Å². The van der Waals surface area contributed by atoms with Crippen LogP contribution in [0.2, 0.25) is 0 Å². The number of carbonyl (C=O) groups is 2. The minimum atomic E-state index is -0.224. The molecule has 3 N–H and O–H groups in total. The normalized spacial score (nSPS) is 10.2. The van der Waals surface area contributed by atoms with Gasteiger partial charge in [-0.25, -0.2) is 0 Å². The SMILES string of the molecule is CCOc1ccc(NC(=O)c2ccc(NC(=O)CNc3ccc(C)cc3)cc2)cc1. The Kier molecular flexibility index (Phi) is 7.05. The van der Waals surface area contributed by atoms with Crippen LogP contribution >= 0.6 is 0 Å². The van der Waals surface area contributed by atoms with Crippen molar-refractivity contribution in [3.05, 3.63) is 83.9 Å². The summed E-state index contributed by atoms with van der Waals surface area (Å²) in [5, 5.41) is 8.72. The van der Waals surface area contributed by atoms with Crippen molar-refractivity contribution >= 4 is 28.9 Å². The largest absolute Gasteiger partial charge is 0.494 e. The first kappa shape index (κ1) is 20.9. The van der Waals surface area contributed by atoms with Crippen LogP contribution in [0.5, 0.6) is 5.75 Å². The van der Waals surface area contributed by atoms with Crippen LogP contribution in [0.15, 0.2) is 72.8 Å². The van der Waals surface area contributed by atoms with Crippen LogP contribution < -0.4 is 20.7 Å². The fraction of sp³-hybridized carbons (Fsp3) is 0.167. The minimum absolute atomic E-state index is 0.156. The van der Waals surface area contributed by atoms with Gasteiger partial charge >= 0.3 is 0 Å². The molecule has 3 rings (SSSR count). The van der Waals surface area contributed by atoms with Gasteiger partial charge in [-0.1, -0.05) is 17.7 Å². The maximum absolute atomic E-state index is 12.4. The fourth-order valence-electron chi connectivity index (χ4n) is 2.77. The molecule has 6 heteroatoms. The second-order valence-electron chi connectivity index (χ2n) is 6.76. The van der Waals surface area contributed by atoms with Gasteiger partial charge in [-0.3, -0.25) is 9.59 Å². The maximum atomic E-state index is 12.4. The van der Waals surface area contributed by atoms with E-state index in [0.29, 0.717) is 23.5 Å². The Morgan fingerprint density at radius 2 is 1.33 bits per heavy atom. The second kappa shape index (κ2) is 10.1. The molecule has 0 atom stereocenters. The van der Waals surface area contributed by atoms with Crippen LogP contribution in [0.4, 0.5) is 17.1 Å². The van der Waals surface area contributed by atoms with Gasteiger partial charge in [0.05, 0.1) is 13.2 Å². The predicted octanol–water partition coefficient (Wildman–Crippen LogP) is 4.70. The number of hydrogen-bond donors (Lipinski definition) is 3. The molecule has 0 fully saturated rings. The zero-order valence-corrected chi connectivity index (χ0v) is 17.1. The molecule has 0 aliphatic carbocycles. The molecule has 0 aromatic heterocycles. The van der Waals surface area contributed by atoms with Gasteiger partial charge in [0.15, 0.2) is 0 Å². The highest BCUT2D eigenvalue weighted by molar-refractivity contribution is 6.04. The molecule has 30 heavy (non-hydrogen) atoms. The van der Waals surface area contributed by atoms with Crippen molar-refractivity contribution in [2.24, 2.45) is 0 Å². The second-order valence-corrected chi connectivity index (χ2v) is 6.76. The zero-order valence-electron chi connectivity index (χ0n) is 17.1. The third-order valence-electron chi connectivity index (χ3n) is 4.36. The number of anilines is 3. The van der Waals surface area contributed by atoms with Gasteiger partial charge in [0.25, 0.3) is 5.91 Å². The molecule has 0 spiro atoms. The van der Waals surface area contributed by atoms with Gasteiger partial charge in [0.1, 0.15) is 5.75 Å². The number of rotatable bonds is 8. The molecule has 0 saturated carbocycles. The van der Waals surface area contributed by atoms with Gasteiger partial charge in [0, 0.05) is 22.6 Å². The third kappa shape index (κ3) is 6.10. The van der Waals surface area contributed by atoms with Crippen molar-refractivity contribution in [1.29, 1.82) is 0 Å². The monoisotopic (exact) mass is 403 g/mol. The summed E-state index contributed by atoms with van der Waals surface area (Å²) in [6.45, 7) is 4.68. The molecule has 6 nitrogen and oxygen atoms in total. The molecule has 0 bridgehead atoms. The lowest BCUT2D eigenvalue weighted by Crippen LogP contribution is -2.21. The van der Waals surface area contributed by atoms with Crippen LogP contribution in [0.25, 0.3) is 0 Å². The smallest absolute Gasteiger partial charge is 0.255 e. The number of ether oxygens (including phenoxy) is 1. The lowest BCUT2D eigenvalue weighted by Gasteiger charge is -2.09. The average Bonchev–Trinajstić information content (AvgIpc) is 2.75. The van der Waals surface area contributed by atoms with E-state index in [1.54, 1.807) is 36.4 Å². The summed E-state index contributed by atoms with van der Waals surface area (Å²) in [5.74, 6) is 0.368. The molecule has 2 amide bonds. The molecular weight excluding hydrogens is 378 g/mol. The molecule has 0 radical (unpaired) electrons. The van der Waals surface area contributed by atoms with E-state index in [-0.39, 0.29) is 18.4 Å². The first-order chi connectivity index (χ1) is 14.5. The summed E-state index contributed by atoms with van der Waals surface area (Å²) in [6, 6.07) is 21.8. The van der Waals surface area contributed by atoms with Crippen molar-refractivity contribution < 1.29 is 14.3 Å². The van der Waals surface area contributed by atoms with Gasteiger partial charge in [-0.2, -0.15) is 0 Å². The Hall–Kier alpha value is -3.80. The average molecular weight is 403 g/mol. The Bertz CT molecular complexity index is 982. The Morgan fingerprint density at radius 1 is 0.767 bits per heavy atom. The quantitative estimate of drug-likeness (QED) is 0.509. The van der Waals surface area contributed by atoms with E-state index in [0.717, 1.165) is 17.0 Å². The number of carbonyl (C=O) groups excluding carboxylic acids is 2. The summed E-state index contributed by atoms with van der Waals surface area (Å²) in [6.07, 6.45) is 0. The summed E-state index contributed by atoms with van der Waals surface area (Å²) in [4.78, 5) is 24.5. The molecule has 154 valence electrons. The van der Waals surface area contributed by atoms with E-state index in [9.17, 15) is 9.59 Å². The molecular formula is C24H25N3O3. The van der Waals surface area contributed by atoms with Crippen LogP contribution in [0.3, 0.4) is 0 Å². The van der Waals surface area contributed by atoms with Gasteiger partial charge < -0.3 is 20.7 Å². The van der Waals surface area contributed by atoms with E-state index in [4.69, 9.17) is 4.74 Å². The highest BCUT2D eigenvalue weighted by Gasteiger charge is 2.08. The third-order valence-corrected chi connectivity index (χ3v) is 4.36. The molecule has 0 heterocycles. The molecule has 0 saturated heterocycles. The van der Waals surface area contributed by atoms with Crippen LogP contribution in [-0.2, 0) is 4.79 Å². The van der Waals surface area contributed by atoms with Crippen LogP contribution in [-0.4, -0.2) is 25.0 Å². The fourth-order valence-corrected chi connectivity index (χ4v) is 2.77. The molecule has 3 aromatic rings. The highest BCUT2D eigenvalue weighted by Crippen LogP contribution is 2.17. The van der Waals surface area contributed by atoms with E-state index in [2.05, 4.69) is 16.0 Å². The van der Waals surface area contributed by atoms with E-state index in [1.807, 2.05) is 50.2 Å². The number of benzene rings is 3. The minimum Gasteiger partial charge on any atom is -0.494 e. The zero-order chi connectivity index (χ0) is 21.3. The van der Waals surface area contributed by atoms with Gasteiger partial charge in [-0.15, -0.1) is 0 Å². The first-order valence-corrected chi connectivity index (χ1v) is 9.78.